The number of nitro groups is 1. The molecule has 8 heteroatoms. The molecule has 1 aliphatic heterocycles. The molecular formula is C18H18FN3O3S. The zero-order valence-corrected chi connectivity index (χ0v) is 14.8. The van der Waals surface area contributed by atoms with Gasteiger partial charge in [0.2, 0.25) is 5.91 Å². The first-order chi connectivity index (χ1) is 12.5. The summed E-state index contributed by atoms with van der Waals surface area (Å²) in [5.74, 6) is 0.0542. The lowest BCUT2D eigenvalue weighted by atomic mass is 10.2. The van der Waals surface area contributed by atoms with Crippen LogP contribution in [-0.4, -0.2) is 47.7 Å². The summed E-state index contributed by atoms with van der Waals surface area (Å²) in [6.45, 7) is 2.42. The van der Waals surface area contributed by atoms with Gasteiger partial charge in [0.25, 0.3) is 5.69 Å². The lowest BCUT2D eigenvalue weighted by Gasteiger charge is -2.36. The van der Waals surface area contributed by atoms with E-state index in [0.29, 0.717) is 31.9 Å². The van der Waals surface area contributed by atoms with Crippen molar-refractivity contribution >= 4 is 29.0 Å². The van der Waals surface area contributed by atoms with Crippen molar-refractivity contribution in [1.82, 2.24) is 4.90 Å². The van der Waals surface area contributed by atoms with Crippen LogP contribution in [0.3, 0.4) is 0 Å². The number of nitrogens with zero attached hydrogens (tertiary/aromatic N) is 3. The molecule has 2 aromatic carbocycles. The molecule has 26 heavy (non-hydrogen) atoms. The van der Waals surface area contributed by atoms with Crippen LogP contribution in [0.4, 0.5) is 15.8 Å². The van der Waals surface area contributed by atoms with Crippen LogP contribution in [-0.2, 0) is 4.79 Å². The Morgan fingerprint density at radius 1 is 1.12 bits per heavy atom. The van der Waals surface area contributed by atoms with Gasteiger partial charge in [-0.3, -0.25) is 14.9 Å². The molecule has 0 bridgehead atoms. The Bertz CT molecular complexity index is 793. The number of nitro benzene ring substituents is 1. The minimum atomic E-state index is -0.407. The van der Waals surface area contributed by atoms with Crippen LogP contribution in [0.5, 0.6) is 0 Å². The van der Waals surface area contributed by atoms with Gasteiger partial charge >= 0.3 is 0 Å². The zero-order valence-electron chi connectivity index (χ0n) is 14.0. The van der Waals surface area contributed by atoms with Crippen molar-refractivity contribution < 1.29 is 14.1 Å². The molecule has 1 heterocycles. The lowest BCUT2D eigenvalue weighted by Crippen LogP contribution is -2.49. The largest absolute Gasteiger partial charge is 0.368 e. The van der Waals surface area contributed by atoms with E-state index in [1.807, 2.05) is 11.0 Å². The summed E-state index contributed by atoms with van der Waals surface area (Å²) in [5.41, 5.74) is 0.865. The van der Waals surface area contributed by atoms with E-state index in [2.05, 4.69) is 0 Å². The van der Waals surface area contributed by atoms with Crippen LogP contribution in [0, 0.1) is 15.9 Å². The average molecular weight is 375 g/mol. The molecule has 1 saturated heterocycles. The number of thioether (sulfide) groups is 1. The molecule has 0 spiro atoms. The second-order valence-electron chi connectivity index (χ2n) is 5.89. The molecule has 1 fully saturated rings. The van der Waals surface area contributed by atoms with E-state index in [4.69, 9.17) is 0 Å². The molecule has 136 valence electrons. The predicted molar refractivity (Wildman–Crippen MR) is 99.0 cm³/mol. The molecule has 0 unspecified atom stereocenters. The smallest absolute Gasteiger partial charge is 0.271 e. The zero-order chi connectivity index (χ0) is 18.5. The van der Waals surface area contributed by atoms with Crippen molar-refractivity contribution in [1.29, 1.82) is 0 Å². The Hall–Kier alpha value is -2.61. The normalized spacial score (nSPS) is 14.3. The Balaban J connectivity index is 1.51. The number of anilines is 1. The van der Waals surface area contributed by atoms with E-state index in [9.17, 15) is 19.3 Å². The van der Waals surface area contributed by atoms with Crippen molar-refractivity contribution in [3.8, 4) is 0 Å². The van der Waals surface area contributed by atoms with Gasteiger partial charge in [0.1, 0.15) is 5.82 Å². The standard InChI is InChI=1S/C18H18FN3O3S/c19-14-4-6-17(7-5-14)26-13-18(23)21-10-8-20(9-11-21)15-2-1-3-16(12-15)22(24)25/h1-7,12H,8-11,13H2. The first-order valence-electron chi connectivity index (χ1n) is 8.18. The number of non-ortho nitro benzene ring substituents is 1. The highest BCUT2D eigenvalue weighted by molar-refractivity contribution is 8.00. The maximum absolute atomic E-state index is 12.9. The van der Waals surface area contributed by atoms with Crippen LogP contribution < -0.4 is 4.90 Å². The highest BCUT2D eigenvalue weighted by Crippen LogP contribution is 2.23. The van der Waals surface area contributed by atoms with E-state index < -0.39 is 4.92 Å². The number of hydrogen-bond donors (Lipinski definition) is 0. The Kier molecular flexibility index (Phi) is 5.72. The monoisotopic (exact) mass is 375 g/mol. The Labute approximate surface area is 154 Å². The average Bonchev–Trinajstić information content (AvgIpc) is 2.67. The number of carbonyl (C=O) groups excluding carboxylic acids is 1. The topological polar surface area (TPSA) is 66.7 Å². The maximum Gasteiger partial charge on any atom is 0.271 e. The Morgan fingerprint density at radius 2 is 1.81 bits per heavy atom. The summed E-state index contributed by atoms with van der Waals surface area (Å²) in [5, 5.41) is 10.9. The van der Waals surface area contributed by atoms with Gasteiger partial charge in [-0.05, 0) is 30.3 Å². The molecule has 0 saturated carbocycles. The quantitative estimate of drug-likeness (QED) is 0.456. The molecular weight excluding hydrogens is 357 g/mol. The Morgan fingerprint density at radius 3 is 2.46 bits per heavy atom. The van der Waals surface area contributed by atoms with E-state index >= 15 is 0 Å². The van der Waals surface area contributed by atoms with Crippen LogP contribution in [0.1, 0.15) is 0 Å². The summed E-state index contributed by atoms with van der Waals surface area (Å²) in [6, 6.07) is 12.6. The van der Waals surface area contributed by atoms with Gasteiger partial charge in [-0.15, -0.1) is 11.8 Å². The van der Waals surface area contributed by atoms with Gasteiger partial charge in [-0.2, -0.15) is 0 Å². The summed E-state index contributed by atoms with van der Waals surface area (Å²) >= 11 is 1.39. The van der Waals surface area contributed by atoms with Gasteiger partial charge < -0.3 is 9.80 Å². The molecule has 0 aromatic heterocycles. The number of piperazine rings is 1. The van der Waals surface area contributed by atoms with Crippen LogP contribution >= 0.6 is 11.8 Å². The van der Waals surface area contributed by atoms with E-state index in [1.165, 1.54) is 30.0 Å². The van der Waals surface area contributed by atoms with Crippen molar-refractivity contribution in [3.05, 3.63) is 64.5 Å². The first-order valence-corrected chi connectivity index (χ1v) is 9.17. The van der Waals surface area contributed by atoms with Crippen LogP contribution in [0.15, 0.2) is 53.4 Å². The summed E-state index contributed by atoms with van der Waals surface area (Å²) < 4.78 is 12.9. The predicted octanol–water partition coefficient (Wildman–Crippen LogP) is 3.17. The van der Waals surface area contributed by atoms with Crippen LogP contribution in [0.2, 0.25) is 0 Å². The summed E-state index contributed by atoms with van der Waals surface area (Å²) in [4.78, 5) is 27.5. The number of benzene rings is 2. The molecule has 2 aromatic rings. The highest BCUT2D eigenvalue weighted by Gasteiger charge is 2.22. The third kappa shape index (κ3) is 4.51. The fourth-order valence-electron chi connectivity index (χ4n) is 2.78. The minimum Gasteiger partial charge on any atom is -0.368 e. The second-order valence-corrected chi connectivity index (χ2v) is 6.94. The summed E-state index contributed by atoms with van der Waals surface area (Å²) in [7, 11) is 0. The molecule has 0 atom stereocenters. The molecule has 6 nitrogen and oxygen atoms in total. The molecule has 3 rings (SSSR count). The van der Waals surface area contributed by atoms with Crippen molar-refractivity contribution in [2.45, 2.75) is 4.90 Å². The van der Waals surface area contributed by atoms with Crippen molar-refractivity contribution in [3.63, 3.8) is 0 Å². The molecule has 1 aliphatic rings. The van der Waals surface area contributed by atoms with Gasteiger partial charge in [0.05, 0.1) is 10.7 Å². The van der Waals surface area contributed by atoms with E-state index in [0.717, 1.165) is 10.6 Å². The number of hydrogen-bond acceptors (Lipinski definition) is 5. The molecule has 0 N–H and O–H groups in total. The SMILES string of the molecule is O=C(CSc1ccc(F)cc1)N1CCN(c2cccc([N+](=O)[O-])c2)CC1. The van der Waals surface area contributed by atoms with Crippen molar-refractivity contribution in [2.24, 2.45) is 0 Å². The van der Waals surface area contributed by atoms with E-state index in [-0.39, 0.29) is 17.4 Å². The van der Waals surface area contributed by atoms with Gasteiger partial charge in [0.15, 0.2) is 0 Å². The highest BCUT2D eigenvalue weighted by atomic mass is 32.2. The fourth-order valence-corrected chi connectivity index (χ4v) is 3.59. The third-order valence-electron chi connectivity index (χ3n) is 4.21. The molecule has 0 radical (unpaired) electrons. The number of carbonyl (C=O) groups is 1. The van der Waals surface area contributed by atoms with Crippen molar-refractivity contribution in [2.75, 3.05) is 36.8 Å². The minimum absolute atomic E-state index is 0.0398. The van der Waals surface area contributed by atoms with Gasteiger partial charge in [-0.1, -0.05) is 6.07 Å². The van der Waals surface area contributed by atoms with E-state index in [1.54, 1.807) is 29.2 Å². The lowest BCUT2D eigenvalue weighted by molar-refractivity contribution is -0.384. The first kappa shape index (κ1) is 18.2. The second kappa shape index (κ2) is 8.18. The summed E-state index contributed by atoms with van der Waals surface area (Å²) in [6.07, 6.45) is 0. The van der Waals surface area contributed by atoms with Crippen LogP contribution in [0.25, 0.3) is 0 Å². The third-order valence-corrected chi connectivity index (χ3v) is 5.21. The fraction of sp³-hybridized carbons (Fsp3) is 0.278. The van der Waals surface area contributed by atoms with Gasteiger partial charge in [-0.25, -0.2) is 4.39 Å². The molecule has 0 aliphatic carbocycles. The number of rotatable bonds is 5. The number of halogens is 1. The van der Waals surface area contributed by atoms with Gasteiger partial charge in [0, 0.05) is 48.9 Å². The number of amides is 1. The maximum atomic E-state index is 12.9. The molecule has 1 amide bonds.